The summed E-state index contributed by atoms with van der Waals surface area (Å²) in [4.78, 5) is 23.9. The Balaban J connectivity index is 1.36. The molecule has 146 valence electrons. The number of thiazole rings is 1. The van der Waals surface area contributed by atoms with Gasteiger partial charge in [-0.05, 0) is 37.8 Å². The van der Waals surface area contributed by atoms with Gasteiger partial charge in [0.2, 0.25) is 0 Å². The van der Waals surface area contributed by atoms with E-state index in [4.69, 9.17) is 16.3 Å². The zero-order valence-electron chi connectivity index (χ0n) is 15.4. The summed E-state index contributed by atoms with van der Waals surface area (Å²) in [5.74, 6) is 0.808. The van der Waals surface area contributed by atoms with Crippen LogP contribution in [0.25, 0.3) is 9.88 Å². The first-order valence-electron chi connectivity index (χ1n) is 9.42. The summed E-state index contributed by atoms with van der Waals surface area (Å²) in [6.07, 6.45) is 2.16. The number of rotatable bonds is 4. The summed E-state index contributed by atoms with van der Waals surface area (Å²) >= 11 is 9.02. The smallest absolute Gasteiger partial charge is 0.265 e. The normalized spacial score (nSPS) is 19.6. The van der Waals surface area contributed by atoms with Crippen molar-refractivity contribution in [3.63, 3.8) is 0 Å². The van der Waals surface area contributed by atoms with Gasteiger partial charge in [0.05, 0.1) is 28.1 Å². The van der Waals surface area contributed by atoms with Crippen molar-refractivity contribution >= 4 is 40.2 Å². The van der Waals surface area contributed by atoms with Crippen molar-refractivity contribution in [3.8, 4) is 9.88 Å². The first-order valence-corrected chi connectivity index (χ1v) is 11.4. The lowest BCUT2D eigenvalue weighted by atomic mass is 9.96. The molecule has 5 nitrogen and oxygen atoms in total. The van der Waals surface area contributed by atoms with Crippen LogP contribution in [0.3, 0.4) is 0 Å². The summed E-state index contributed by atoms with van der Waals surface area (Å²) in [5.41, 5.74) is 0.819. The topological polar surface area (TPSA) is 45.7 Å². The number of morpholine rings is 1. The van der Waals surface area contributed by atoms with Crippen molar-refractivity contribution in [1.29, 1.82) is 0 Å². The lowest BCUT2D eigenvalue weighted by molar-refractivity contribution is 0.0243. The lowest BCUT2D eigenvalue weighted by Gasteiger charge is -2.36. The van der Waals surface area contributed by atoms with Crippen LogP contribution in [0.1, 0.15) is 28.2 Å². The fourth-order valence-electron chi connectivity index (χ4n) is 3.74. The molecule has 2 saturated heterocycles. The van der Waals surface area contributed by atoms with Crippen LogP contribution >= 0.6 is 34.3 Å². The number of halogens is 1. The summed E-state index contributed by atoms with van der Waals surface area (Å²) < 4.78 is 6.17. The average molecular weight is 426 g/mol. The average Bonchev–Trinajstić information content (AvgIpc) is 3.28. The molecule has 0 atom stereocenters. The van der Waals surface area contributed by atoms with Gasteiger partial charge < -0.3 is 9.64 Å². The highest BCUT2D eigenvalue weighted by atomic mass is 35.5. The highest BCUT2D eigenvalue weighted by Crippen LogP contribution is 2.35. The minimum absolute atomic E-state index is 0.128. The number of carbonyl (C=O) groups excluding carboxylic acids is 1. The molecule has 2 aromatic rings. The molecule has 2 aromatic heterocycles. The molecule has 0 N–H and O–H groups in total. The van der Waals surface area contributed by atoms with Crippen molar-refractivity contribution in [2.24, 2.45) is 5.92 Å². The molecule has 0 bridgehead atoms. The van der Waals surface area contributed by atoms with E-state index >= 15 is 0 Å². The second-order valence-corrected chi connectivity index (χ2v) is 9.90. The quantitative estimate of drug-likeness (QED) is 0.742. The van der Waals surface area contributed by atoms with Crippen molar-refractivity contribution in [2.45, 2.75) is 19.8 Å². The van der Waals surface area contributed by atoms with Crippen LogP contribution in [0.4, 0.5) is 0 Å². The third-order valence-electron chi connectivity index (χ3n) is 5.30. The van der Waals surface area contributed by atoms with E-state index in [1.807, 2.05) is 24.0 Å². The Kier molecular flexibility index (Phi) is 6.14. The summed E-state index contributed by atoms with van der Waals surface area (Å²) in [6, 6.07) is 3.84. The van der Waals surface area contributed by atoms with E-state index in [9.17, 15) is 4.79 Å². The van der Waals surface area contributed by atoms with Crippen LogP contribution < -0.4 is 0 Å². The van der Waals surface area contributed by atoms with E-state index in [0.717, 1.165) is 83.6 Å². The van der Waals surface area contributed by atoms with E-state index < -0.39 is 0 Å². The second kappa shape index (κ2) is 8.57. The van der Waals surface area contributed by atoms with Gasteiger partial charge in [-0.1, -0.05) is 11.6 Å². The number of thiophene rings is 1. The molecule has 0 saturated carbocycles. The number of hydrogen-bond acceptors (Lipinski definition) is 6. The van der Waals surface area contributed by atoms with E-state index in [-0.39, 0.29) is 5.91 Å². The molecule has 2 aliphatic heterocycles. The zero-order chi connectivity index (χ0) is 18.8. The fraction of sp³-hybridized carbons (Fsp3) is 0.579. The second-order valence-electron chi connectivity index (χ2n) is 7.19. The number of ether oxygens (including phenoxy) is 1. The molecular weight excluding hydrogens is 402 g/mol. The highest BCUT2D eigenvalue weighted by Gasteiger charge is 2.28. The van der Waals surface area contributed by atoms with Gasteiger partial charge in [-0.15, -0.1) is 22.7 Å². The molecule has 0 unspecified atom stereocenters. The molecule has 8 heteroatoms. The summed E-state index contributed by atoms with van der Waals surface area (Å²) in [7, 11) is 0. The Morgan fingerprint density at radius 3 is 2.63 bits per heavy atom. The number of nitrogens with zero attached hydrogens (tertiary/aromatic N) is 3. The van der Waals surface area contributed by atoms with Gasteiger partial charge in [-0.2, -0.15) is 0 Å². The van der Waals surface area contributed by atoms with Gasteiger partial charge in [0.15, 0.2) is 0 Å². The van der Waals surface area contributed by atoms with E-state index in [1.54, 1.807) is 0 Å². The van der Waals surface area contributed by atoms with Crippen LogP contribution in [-0.2, 0) is 4.74 Å². The predicted molar refractivity (Wildman–Crippen MR) is 111 cm³/mol. The van der Waals surface area contributed by atoms with Crippen LogP contribution in [0.15, 0.2) is 12.1 Å². The fourth-order valence-corrected chi connectivity index (χ4v) is 5.87. The molecule has 0 aliphatic carbocycles. The Morgan fingerprint density at radius 2 is 1.96 bits per heavy atom. The van der Waals surface area contributed by atoms with Crippen LogP contribution in [-0.4, -0.2) is 66.6 Å². The Labute approximate surface area is 172 Å². The number of likely N-dealkylation sites (tertiary alicyclic amines) is 1. The first kappa shape index (κ1) is 19.3. The number of hydrogen-bond donors (Lipinski definition) is 0. The minimum atomic E-state index is 0.128. The molecular formula is C19H24ClN3O2S2. The molecule has 0 aromatic carbocycles. The minimum Gasteiger partial charge on any atom is -0.379 e. The largest absolute Gasteiger partial charge is 0.379 e. The highest BCUT2D eigenvalue weighted by molar-refractivity contribution is 7.24. The van der Waals surface area contributed by atoms with E-state index in [0.29, 0.717) is 5.92 Å². The van der Waals surface area contributed by atoms with E-state index in [2.05, 4.69) is 9.88 Å². The molecule has 2 aliphatic rings. The maximum atomic E-state index is 13.0. The number of piperidine rings is 1. The van der Waals surface area contributed by atoms with Gasteiger partial charge in [0.1, 0.15) is 9.88 Å². The van der Waals surface area contributed by atoms with Crippen molar-refractivity contribution in [1.82, 2.24) is 14.8 Å². The summed E-state index contributed by atoms with van der Waals surface area (Å²) in [5, 5.41) is 0.884. The monoisotopic (exact) mass is 425 g/mol. The van der Waals surface area contributed by atoms with E-state index in [1.165, 1.54) is 22.7 Å². The molecule has 0 spiro atoms. The van der Waals surface area contributed by atoms with Crippen molar-refractivity contribution in [3.05, 3.63) is 27.0 Å². The maximum Gasteiger partial charge on any atom is 0.265 e. The van der Waals surface area contributed by atoms with Crippen LogP contribution in [0, 0.1) is 12.8 Å². The molecule has 4 rings (SSSR count). The maximum absolute atomic E-state index is 13.0. The standard InChI is InChI=1S/C19H24ClN3O2S2/c1-13-17(27-18(21-13)15-2-3-16(20)26-15)19(24)23-6-4-14(5-7-23)12-22-8-10-25-11-9-22/h2-3,14H,4-12H2,1H3. The zero-order valence-corrected chi connectivity index (χ0v) is 17.8. The predicted octanol–water partition coefficient (Wildman–Crippen LogP) is 4.02. The SMILES string of the molecule is Cc1nc(-c2ccc(Cl)s2)sc1C(=O)N1CCC(CN2CCOCC2)CC1. The number of amides is 1. The van der Waals surface area contributed by atoms with Gasteiger partial charge in [-0.3, -0.25) is 9.69 Å². The number of aryl methyl sites for hydroxylation is 1. The third kappa shape index (κ3) is 4.54. The molecule has 0 radical (unpaired) electrons. The molecule has 2 fully saturated rings. The Hall–Kier alpha value is -0.990. The van der Waals surface area contributed by atoms with Gasteiger partial charge in [-0.25, -0.2) is 4.98 Å². The Morgan fingerprint density at radius 1 is 1.22 bits per heavy atom. The summed E-state index contributed by atoms with van der Waals surface area (Å²) in [6.45, 7) is 8.50. The first-order chi connectivity index (χ1) is 13.1. The van der Waals surface area contributed by atoms with Gasteiger partial charge in [0, 0.05) is 32.7 Å². The molecule has 27 heavy (non-hydrogen) atoms. The van der Waals surface area contributed by atoms with Crippen molar-refractivity contribution in [2.75, 3.05) is 45.9 Å². The number of aromatic nitrogens is 1. The molecule has 1 amide bonds. The van der Waals surface area contributed by atoms with Crippen molar-refractivity contribution < 1.29 is 9.53 Å². The molecule has 4 heterocycles. The Bertz CT molecular complexity index is 793. The lowest BCUT2D eigenvalue weighted by Crippen LogP contribution is -2.44. The van der Waals surface area contributed by atoms with Gasteiger partial charge in [0.25, 0.3) is 5.91 Å². The third-order valence-corrected chi connectivity index (χ3v) is 7.84. The van der Waals surface area contributed by atoms with Crippen LogP contribution in [0.5, 0.6) is 0 Å². The van der Waals surface area contributed by atoms with Crippen LogP contribution in [0.2, 0.25) is 4.34 Å². The van der Waals surface area contributed by atoms with Gasteiger partial charge >= 0.3 is 0 Å². The number of carbonyl (C=O) groups is 1.